The Hall–Kier alpha value is -3.87. The number of nitrogens with one attached hydrogen (secondary N) is 2. The number of piperazine rings is 1. The van der Waals surface area contributed by atoms with Gasteiger partial charge >= 0.3 is 0 Å². The summed E-state index contributed by atoms with van der Waals surface area (Å²) < 4.78 is 29.5. The van der Waals surface area contributed by atoms with E-state index in [1.165, 1.54) is 6.20 Å². The summed E-state index contributed by atoms with van der Waals surface area (Å²) in [4.78, 5) is 37.6. The first kappa shape index (κ1) is 23.9. The van der Waals surface area contributed by atoms with Gasteiger partial charge in [0.25, 0.3) is 5.91 Å². The van der Waals surface area contributed by atoms with E-state index in [-0.39, 0.29) is 46.3 Å². The third-order valence-corrected chi connectivity index (χ3v) is 6.66. The molecule has 1 atom stereocenters. The minimum Gasteiger partial charge on any atom is -0.381 e. The minimum absolute atomic E-state index is 0.0558. The monoisotopic (exact) mass is 499 g/mol. The van der Waals surface area contributed by atoms with Crippen LogP contribution in [0.15, 0.2) is 24.8 Å². The number of anilines is 3. The highest BCUT2D eigenvalue weighted by Gasteiger charge is 2.32. The molecule has 190 valence electrons. The van der Waals surface area contributed by atoms with Gasteiger partial charge in [-0.2, -0.15) is 0 Å². The van der Waals surface area contributed by atoms with Gasteiger partial charge in [-0.15, -0.1) is 5.10 Å². The smallest absolute Gasteiger partial charge is 0.263 e. The predicted octanol–water partition coefficient (Wildman–Crippen LogP) is 1.27. The molecule has 2 aliphatic heterocycles. The van der Waals surface area contributed by atoms with Gasteiger partial charge in [-0.05, 0) is 19.8 Å². The van der Waals surface area contributed by atoms with E-state index in [9.17, 15) is 18.4 Å². The van der Waals surface area contributed by atoms with Crippen LogP contribution in [0.2, 0.25) is 0 Å². The lowest BCUT2D eigenvalue weighted by Gasteiger charge is -2.38. The largest absolute Gasteiger partial charge is 0.381 e. The quantitative estimate of drug-likeness (QED) is 0.489. The van der Waals surface area contributed by atoms with Crippen LogP contribution in [0.5, 0.6) is 0 Å². The number of rotatable bonds is 4. The highest BCUT2D eigenvalue weighted by Crippen LogP contribution is 2.33. The van der Waals surface area contributed by atoms with Gasteiger partial charge in [0.1, 0.15) is 11.3 Å². The van der Waals surface area contributed by atoms with Crippen molar-refractivity contribution in [1.82, 2.24) is 29.8 Å². The lowest BCUT2D eigenvalue weighted by atomic mass is 9.94. The van der Waals surface area contributed by atoms with E-state index in [1.54, 1.807) is 0 Å². The van der Waals surface area contributed by atoms with Crippen LogP contribution in [0.3, 0.4) is 0 Å². The highest BCUT2D eigenvalue weighted by atomic mass is 19.1. The predicted molar refractivity (Wildman–Crippen MR) is 128 cm³/mol. The van der Waals surface area contributed by atoms with Crippen LogP contribution in [-0.2, 0) is 4.79 Å². The Kier molecular flexibility index (Phi) is 6.39. The topological polar surface area (TPSA) is 134 Å². The second kappa shape index (κ2) is 9.64. The molecule has 13 heteroatoms. The number of aromatic nitrogens is 4. The number of fused-ring (bicyclic) bond motifs is 1. The number of pyridine rings is 1. The average Bonchev–Trinajstić information content (AvgIpc) is 3.18. The number of nitrogens with two attached hydrogens (primary N) is 1. The summed E-state index contributed by atoms with van der Waals surface area (Å²) in [7, 11) is 0. The van der Waals surface area contributed by atoms with Crippen molar-refractivity contribution in [3.05, 3.63) is 42.0 Å². The number of nitrogens with zero attached hydrogens (tertiary/aromatic N) is 6. The molecule has 2 aliphatic rings. The fraction of sp³-hybridized carbons (Fsp3) is 0.435. The third-order valence-electron chi connectivity index (χ3n) is 6.66. The van der Waals surface area contributed by atoms with Crippen LogP contribution < -0.4 is 21.3 Å². The van der Waals surface area contributed by atoms with E-state index in [0.717, 1.165) is 29.7 Å². The molecule has 2 amide bonds. The van der Waals surface area contributed by atoms with E-state index in [2.05, 4.69) is 32.6 Å². The Morgan fingerprint density at radius 1 is 1.17 bits per heavy atom. The maximum absolute atomic E-state index is 15.0. The Labute approximate surface area is 205 Å². The van der Waals surface area contributed by atoms with Gasteiger partial charge in [0, 0.05) is 44.7 Å². The first-order valence-corrected chi connectivity index (χ1v) is 11.8. The molecule has 36 heavy (non-hydrogen) atoms. The van der Waals surface area contributed by atoms with Crippen molar-refractivity contribution in [3.63, 3.8) is 0 Å². The minimum atomic E-state index is -0.673. The van der Waals surface area contributed by atoms with Gasteiger partial charge in [-0.1, -0.05) is 0 Å². The van der Waals surface area contributed by atoms with Crippen LogP contribution in [-0.4, -0.2) is 75.1 Å². The molecule has 3 aromatic heterocycles. The van der Waals surface area contributed by atoms with Crippen LogP contribution in [0, 0.1) is 17.6 Å². The molecule has 4 N–H and O–H groups in total. The standard InChI is InChI=1S/C23H27F2N9O2/c1-13-11-33(7-4-28-13)23(36)14-2-5-32(6-3-14)19-16(25)9-27-10-17(19)30-22(35)18-20(26)31-34-12-15(24)8-29-21(18)34/h8-10,12-14,28H,2-7,11H2,1H3,(H2,26,31)(H,30,35). The van der Waals surface area contributed by atoms with E-state index >= 15 is 0 Å². The van der Waals surface area contributed by atoms with Crippen molar-refractivity contribution in [3.8, 4) is 0 Å². The highest BCUT2D eigenvalue weighted by molar-refractivity contribution is 6.12. The van der Waals surface area contributed by atoms with Crippen molar-refractivity contribution in [2.24, 2.45) is 5.92 Å². The first-order valence-electron chi connectivity index (χ1n) is 11.8. The molecular formula is C23H27F2N9O2. The summed E-state index contributed by atoms with van der Waals surface area (Å²) in [5.41, 5.74) is 6.24. The number of hydrogen-bond donors (Lipinski definition) is 3. The van der Waals surface area contributed by atoms with Crippen LogP contribution >= 0.6 is 0 Å². The molecular weight excluding hydrogens is 472 g/mol. The molecule has 5 heterocycles. The zero-order chi connectivity index (χ0) is 25.4. The van der Waals surface area contributed by atoms with Crippen molar-refractivity contribution < 1.29 is 18.4 Å². The summed E-state index contributed by atoms with van der Waals surface area (Å²) in [5.74, 6) is -2.03. The SMILES string of the molecule is CC1CN(C(=O)C2CCN(c3c(F)cncc3NC(=O)c3c(N)nn4cc(F)cnc34)CC2)CCN1. The molecule has 0 aliphatic carbocycles. The van der Waals surface area contributed by atoms with Gasteiger partial charge in [0.15, 0.2) is 23.1 Å². The molecule has 0 saturated carbocycles. The number of carbonyl (C=O) groups is 2. The van der Waals surface area contributed by atoms with Crippen molar-refractivity contribution in [1.29, 1.82) is 0 Å². The summed E-state index contributed by atoms with van der Waals surface area (Å²) >= 11 is 0. The molecule has 0 spiro atoms. The molecule has 0 aromatic carbocycles. The Balaban J connectivity index is 1.32. The average molecular weight is 500 g/mol. The van der Waals surface area contributed by atoms with Crippen LogP contribution in [0.25, 0.3) is 5.65 Å². The van der Waals surface area contributed by atoms with Crippen molar-refractivity contribution in [2.75, 3.05) is 48.7 Å². The van der Waals surface area contributed by atoms with E-state index in [1.807, 2.05) is 9.80 Å². The summed E-state index contributed by atoms with van der Waals surface area (Å²) in [6, 6.07) is 0.260. The zero-order valence-electron chi connectivity index (χ0n) is 19.7. The number of amides is 2. The van der Waals surface area contributed by atoms with Gasteiger partial charge in [0.2, 0.25) is 5.91 Å². The lowest BCUT2D eigenvalue weighted by molar-refractivity contribution is -0.137. The summed E-state index contributed by atoms with van der Waals surface area (Å²) in [6.07, 6.45) is 5.58. The normalized spacial score (nSPS) is 19.0. The van der Waals surface area contributed by atoms with Crippen molar-refractivity contribution >= 4 is 34.7 Å². The van der Waals surface area contributed by atoms with Crippen LogP contribution in [0.4, 0.5) is 26.0 Å². The Bertz CT molecular complexity index is 1310. The van der Waals surface area contributed by atoms with Gasteiger partial charge < -0.3 is 26.2 Å². The number of nitrogen functional groups attached to an aromatic ring is 1. The molecule has 2 fully saturated rings. The van der Waals surface area contributed by atoms with Gasteiger partial charge in [-0.3, -0.25) is 14.6 Å². The number of hydrogen-bond acceptors (Lipinski definition) is 8. The van der Waals surface area contributed by atoms with Gasteiger partial charge in [-0.25, -0.2) is 18.3 Å². The third kappa shape index (κ3) is 4.53. The molecule has 0 bridgehead atoms. The zero-order valence-corrected chi connectivity index (χ0v) is 19.7. The second-order valence-electron chi connectivity index (χ2n) is 9.17. The number of halogens is 2. The van der Waals surface area contributed by atoms with Gasteiger partial charge in [0.05, 0.1) is 30.5 Å². The lowest BCUT2D eigenvalue weighted by Crippen LogP contribution is -2.53. The summed E-state index contributed by atoms with van der Waals surface area (Å²) in [5, 5.41) is 9.92. The fourth-order valence-corrected chi connectivity index (χ4v) is 4.91. The van der Waals surface area contributed by atoms with Crippen LogP contribution in [0.1, 0.15) is 30.1 Å². The Morgan fingerprint density at radius 2 is 1.94 bits per heavy atom. The molecule has 0 radical (unpaired) electrons. The van der Waals surface area contributed by atoms with Crippen molar-refractivity contribution in [2.45, 2.75) is 25.8 Å². The van der Waals surface area contributed by atoms with E-state index < -0.39 is 17.5 Å². The summed E-state index contributed by atoms with van der Waals surface area (Å²) in [6.45, 7) is 5.09. The maximum Gasteiger partial charge on any atom is 0.263 e. The number of carbonyl (C=O) groups excluding carboxylic acids is 2. The molecule has 11 nitrogen and oxygen atoms in total. The molecule has 2 saturated heterocycles. The molecule has 5 rings (SSSR count). The molecule has 3 aromatic rings. The maximum atomic E-state index is 15.0. The molecule has 1 unspecified atom stereocenters. The Morgan fingerprint density at radius 3 is 2.69 bits per heavy atom. The van der Waals surface area contributed by atoms with E-state index in [4.69, 9.17) is 5.73 Å². The van der Waals surface area contributed by atoms with E-state index in [0.29, 0.717) is 39.0 Å². The first-order chi connectivity index (χ1) is 17.3. The second-order valence-corrected chi connectivity index (χ2v) is 9.17. The number of piperidine rings is 1. The fourth-order valence-electron chi connectivity index (χ4n) is 4.91.